The van der Waals surface area contributed by atoms with Gasteiger partial charge in [0.2, 0.25) is 0 Å². The molecule has 1 heterocycles. The Labute approximate surface area is 86.5 Å². The second kappa shape index (κ2) is 3.15. The van der Waals surface area contributed by atoms with Gasteiger partial charge in [0.1, 0.15) is 5.76 Å². The summed E-state index contributed by atoms with van der Waals surface area (Å²) in [7, 11) is 0. The fourth-order valence-electron chi connectivity index (χ4n) is 2.40. The Bertz CT molecular complexity index is 327. The SMILES string of the molecule is Cc1coc2c1C[C@@H](C(C)(C)C)CC2. The molecule has 1 aliphatic rings. The summed E-state index contributed by atoms with van der Waals surface area (Å²) in [6, 6.07) is 0. The van der Waals surface area contributed by atoms with Gasteiger partial charge in [0.05, 0.1) is 6.26 Å². The average Bonchev–Trinajstić information content (AvgIpc) is 2.46. The second-order valence-electron chi connectivity index (χ2n) is 5.63. The Morgan fingerprint density at radius 1 is 1.36 bits per heavy atom. The summed E-state index contributed by atoms with van der Waals surface area (Å²) >= 11 is 0. The molecule has 0 fully saturated rings. The van der Waals surface area contributed by atoms with Crippen molar-refractivity contribution < 1.29 is 4.42 Å². The van der Waals surface area contributed by atoms with Crippen molar-refractivity contribution in [2.75, 3.05) is 0 Å². The maximum atomic E-state index is 5.55. The lowest BCUT2D eigenvalue weighted by molar-refractivity contribution is 0.209. The second-order valence-corrected chi connectivity index (χ2v) is 5.63. The normalized spacial score (nSPS) is 22.1. The summed E-state index contributed by atoms with van der Waals surface area (Å²) in [5.74, 6) is 2.05. The molecule has 0 amide bonds. The number of hydrogen-bond donors (Lipinski definition) is 0. The third-order valence-electron chi connectivity index (χ3n) is 3.59. The Kier molecular flexibility index (Phi) is 2.21. The fourth-order valence-corrected chi connectivity index (χ4v) is 2.40. The molecule has 0 N–H and O–H groups in total. The maximum absolute atomic E-state index is 5.55. The van der Waals surface area contributed by atoms with Crippen molar-refractivity contribution in [1.29, 1.82) is 0 Å². The van der Waals surface area contributed by atoms with E-state index in [4.69, 9.17) is 4.42 Å². The highest BCUT2D eigenvalue weighted by atomic mass is 16.3. The minimum Gasteiger partial charge on any atom is -0.469 e. The number of aryl methyl sites for hydroxylation is 2. The standard InChI is InChI=1S/C13H20O/c1-9-8-14-12-6-5-10(7-11(9)12)13(2,3)4/h8,10H,5-7H2,1-4H3/t10-/m0/s1. The summed E-state index contributed by atoms with van der Waals surface area (Å²) in [4.78, 5) is 0. The molecule has 2 rings (SSSR count). The van der Waals surface area contributed by atoms with Crippen LogP contribution in [0.3, 0.4) is 0 Å². The third kappa shape index (κ3) is 1.60. The average molecular weight is 192 g/mol. The van der Waals surface area contributed by atoms with E-state index in [0.717, 1.165) is 12.3 Å². The molecule has 14 heavy (non-hydrogen) atoms. The zero-order chi connectivity index (χ0) is 10.3. The summed E-state index contributed by atoms with van der Waals surface area (Å²) in [6.45, 7) is 9.20. The van der Waals surface area contributed by atoms with Gasteiger partial charge in [0.15, 0.2) is 0 Å². The fraction of sp³-hybridized carbons (Fsp3) is 0.692. The van der Waals surface area contributed by atoms with E-state index in [2.05, 4.69) is 27.7 Å². The van der Waals surface area contributed by atoms with E-state index < -0.39 is 0 Å². The van der Waals surface area contributed by atoms with E-state index in [1.54, 1.807) is 0 Å². The molecule has 1 atom stereocenters. The Morgan fingerprint density at radius 3 is 2.71 bits per heavy atom. The van der Waals surface area contributed by atoms with Crippen molar-refractivity contribution in [2.24, 2.45) is 11.3 Å². The van der Waals surface area contributed by atoms with Crippen molar-refractivity contribution in [3.05, 3.63) is 23.2 Å². The molecule has 1 aliphatic carbocycles. The van der Waals surface area contributed by atoms with Gasteiger partial charge in [-0.1, -0.05) is 20.8 Å². The lowest BCUT2D eigenvalue weighted by Gasteiger charge is -2.33. The first-order valence-corrected chi connectivity index (χ1v) is 5.54. The van der Waals surface area contributed by atoms with Crippen LogP contribution in [0.1, 0.15) is 44.1 Å². The molecule has 0 saturated carbocycles. The van der Waals surface area contributed by atoms with E-state index in [0.29, 0.717) is 5.41 Å². The molecular weight excluding hydrogens is 172 g/mol. The smallest absolute Gasteiger partial charge is 0.107 e. The van der Waals surface area contributed by atoms with E-state index >= 15 is 0 Å². The predicted octanol–water partition coefficient (Wildman–Crippen LogP) is 3.74. The molecule has 1 nitrogen and oxygen atoms in total. The predicted molar refractivity (Wildman–Crippen MR) is 58.4 cm³/mol. The van der Waals surface area contributed by atoms with Gasteiger partial charge in [-0.3, -0.25) is 0 Å². The Balaban J connectivity index is 2.24. The topological polar surface area (TPSA) is 13.1 Å². The van der Waals surface area contributed by atoms with Crippen molar-refractivity contribution in [2.45, 2.75) is 47.0 Å². The van der Waals surface area contributed by atoms with Crippen molar-refractivity contribution in [3.8, 4) is 0 Å². The quantitative estimate of drug-likeness (QED) is 0.610. The maximum Gasteiger partial charge on any atom is 0.107 e. The van der Waals surface area contributed by atoms with Crippen LogP contribution in [0.2, 0.25) is 0 Å². The van der Waals surface area contributed by atoms with Gasteiger partial charge >= 0.3 is 0 Å². The van der Waals surface area contributed by atoms with Crippen LogP contribution in [0.5, 0.6) is 0 Å². The highest BCUT2D eigenvalue weighted by Crippen LogP contribution is 2.38. The van der Waals surface area contributed by atoms with E-state index in [9.17, 15) is 0 Å². The summed E-state index contributed by atoms with van der Waals surface area (Å²) in [5, 5.41) is 0. The van der Waals surface area contributed by atoms with E-state index in [1.807, 2.05) is 6.26 Å². The molecule has 78 valence electrons. The molecule has 1 aromatic rings. The molecule has 0 aromatic carbocycles. The lowest BCUT2D eigenvalue weighted by Crippen LogP contribution is -2.26. The Morgan fingerprint density at radius 2 is 2.07 bits per heavy atom. The summed E-state index contributed by atoms with van der Waals surface area (Å²) < 4.78 is 5.55. The number of hydrogen-bond acceptors (Lipinski definition) is 1. The van der Waals surface area contributed by atoms with E-state index in [-0.39, 0.29) is 0 Å². The van der Waals surface area contributed by atoms with Crippen molar-refractivity contribution in [3.63, 3.8) is 0 Å². The first kappa shape index (κ1) is 9.82. The van der Waals surface area contributed by atoms with Gasteiger partial charge < -0.3 is 4.42 Å². The van der Waals surface area contributed by atoms with Crippen LogP contribution in [-0.2, 0) is 12.8 Å². The molecule has 1 heteroatoms. The minimum atomic E-state index is 0.432. The largest absolute Gasteiger partial charge is 0.469 e. The van der Waals surface area contributed by atoms with E-state index in [1.165, 1.54) is 29.7 Å². The van der Waals surface area contributed by atoms with Gasteiger partial charge in [-0.15, -0.1) is 0 Å². The van der Waals surface area contributed by atoms with Gasteiger partial charge in [0.25, 0.3) is 0 Å². The number of fused-ring (bicyclic) bond motifs is 1. The molecule has 0 spiro atoms. The van der Waals surface area contributed by atoms with Crippen LogP contribution in [0.4, 0.5) is 0 Å². The van der Waals surface area contributed by atoms with Gasteiger partial charge in [-0.05, 0) is 42.2 Å². The van der Waals surface area contributed by atoms with Crippen LogP contribution in [0.15, 0.2) is 10.7 Å². The molecule has 0 radical (unpaired) electrons. The van der Waals surface area contributed by atoms with Crippen LogP contribution in [-0.4, -0.2) is 0 Å². The molecule has 0 saturated heterocycles. The van der Waals surface area contributed by atoms with Crippen molar-refractivity contribution in [1.82, 2.24) is 0 Å². The van der Waals surface area contributed by atoms with Crippen LogP contribution >= 0.6 is 0 Å². The zero-order valence-corrected chi connectivity index (χ0v) is 9.68. The lowest BCUT2D eigenvalue weighted by atomic mass is 9.71. The molecular formula is C13H20O. The summed E-state index contributed by atoms with van der Waals surface area (Å²) in [5.41, 5.74) is 3.26. The monoisotopic (exact) mass is 192 g/mol. The summed E-state index contributed by atoms with van der Waals surface area (Å²) in [6.07, 6.45) is 5.53. The number of rotatable bonds is 0. The molecule has 0 unspecified atom stereocenters. The molecule has 0 aliphatic heterocycles. The number of furan rings is 1. The van der Waals surface area contributed by atoms with Crippen molar-refractivity contribution >= 4 is 0 Å². The zero-order valence-electron chi connectivity index (χ0n) is 9.68. The van der Waals surface area contributed by atoms with Crippen LogP contribution in [0.25, 0.3) is 0 Å². The highest BCUT2D eigenvalue weighted by molar-refractivity contribution is 5.29. The third-order valence-corrected chi connectivity index (χ3v) is 3.59. The van der Waals surface area contributed by atoms with Gasteiger partial charge in [-0.25, -0.2) is 0 Å². The van der Waals surface area contributed by atoms with Gasteiger partial charge in [0, 0.05) is 6.42 Å². The van der Waals surface area contributed by atoms with Crippen LogP contribution in [0, 0.1) is 18.3 Å². The first-order chi connectivity index (χ1) is 6.48. The molecule has 0 bridgehead atoms. The first-order valence-electron chi connectivity index (χ1n) is 5.54. The van der Waals surface area contributed by atoms with Gasteiger partial charge in [-0.2, -0.15) is 0 Å². The highest BCUT2D eigenvalue weighted by Gasteiger charge is 2.30. The van der Waals surface area contributed by atoms with Crippen LogP contribution < -0.4 is 0 Å². The minimum absolute atomic E-state index is 0.432. The molecule has 1 aromatic heterocycles. The Hall–Kier alpha value is -0.720.